The summed E-state index contributed by atoms with van der Waals surface area (Å²) in [5.41, 5.74) is 0.368. The van der Waals surface area contributed by atoms with E-state index in [0.29, 0.717) is 18.7 Å². The first-order valence-corrected chi connectivity index (χ1v) is 8.26. The Bertz CT molecular complexity index is 621. The molecule has 0 aromatic heterocycles. The van der Waals surface area contributed by atoms with Gasteiger partial charge in [-0.15, -0.1) is 0 Å². The van der Waals surface area contributed by atoms with Crippen molar-refractivity contribution in [3.63, 3.8) is 0 Å². The molecule has 0 spiro atoms. The van der Waals surface area contributed by atoms with Crippen molar-refractivity contribution in [3.8, 4) is 0 Å². The van der Waals surface area contributed by atoms with E-state index in [1.54, 1.807) is 0 Å². The monoisotopic (exact) mass is 320 g/mol. The highest BCUT2D eigenvalue weighted by molar-refractivity contribution is 7.91. The predicted molar refractivity (Wildman–Crippen MR) is 75.2 cm³/mol. The van der Waals surface area contributed by atoms with Gasteiger partial charge in [-0.05, 0) is 30.5 Å². The zero-order valence-electron chi connectivity index (χ0n) is 10.5. The fourth-order valence-corrected chi connectivity index (χ4v) is 4.06. The molecule has 5 nitrogen and oxygen atoms in total. The van der Waals surface area contributed by atoms with Crippen molar-refractivity contribution in [1.29, 1.82) is 0 Å². The highest BCUT2D eigenvalue weighted by atomic mass is 35.5. The first-order valence-electron chi connectivity index (χ1n) is 6.06. The molecule has 2 rings (SSSR count). The Labute approximate surface area is 121 Å². The fourth-order valence-electron chi connectivity index (χ4n) is 2.02. The number of urea groups is 1. The first-order chi connectivity index (χ1) is 9.35. The van der Waals surface area contributed by atoms with E-state index in [4.69, 9.17) is 11.6 Å². The van der Waals surface area contributed by atoms with Crippen molar-refractivity contribution in [3.05, 3.63) is 29.0 Å². The maximum Gasteiger partial charge on any atom is 0.319 e. The zero-order chi connectivity index (χ0) is 14.8. The normalized spacial score (nSPS) is 20.6. The molecule has 1 saturated heterocycles. The van der Waals surface area contributed by atoms with Crippen LogP contribution in [0.5, 0.6) is 0 Å². The van der Waals surface area contributed by atoms with Crippen LogP contribution in [-0.2, 0) is 9.84 Å². The molecule has 1 fully saturated rings. The molecule has 0 radical (unpaired) electrons. The Morgan fingerprint density at radius 3 is 2.80 bits per heavy atom. The van der Waals surface area contributed by atoms with E-state index in [-0.39, 0.29) is 22.4 Å². The minimum atomic E-state index is -2.94. The molecule has 1 aromatic carbocycles. The van der Waals surface area contributed by atoms with Crippen molar-refractivity contribution in [2.75, 3.05) is 23.4 Å². The van der Waals surface area contributed by atoms with Gasteiger partial charge in [0.05, 0.1) is 16.5 Å². The van der Waals surface area contributed by atoms with E-state index in [2.05, 4.69) is 10.6 Å². The van der Waals surface area contributed by atoms with E-state index >= 15 is 0 Å². The van der Waals surface area contributed by atoms with E-state index < -0.39 is 21.7 Å². The number of hydrogen-bond acceptors (Lipinski definition) is 3. The van der Waals surface area contributed by atoms with E-state index in [1.165, 1.54) is 12.1 Å². The maximum atomic E-state index is 12.9. The molecule has 1 unspecified atom stereocenters. The lowest BCUT2D eigenvalue weighted by atomic mass is 10.1. The van der Waals surface area contributed by atoms with Crippen LogP contribution in [0.15, 0.2) is 18.2 Å². The number of amides is 2. The third-order valence-electron chi connectivity index (χ3n) is 3.06. The van der Waals surface area contributed by atoms with Gasteiger partial charge in [0.15, 0.2) is 9.84 Å². The summed E-state index contributed by atoms with van der Waals surface area (Å²) >= 11 is 5.60. The smallest absolute Gasteiger partial charge is 0.319 e. The van der Waals surface area contributed by atoms with Crippen LogP contribution in [0.4, 0.5) is 14.9 Å². The molecule has 0 saturated carbocycles. The highest BCUT2D eigenvalue weighted by Gasteiger charge is 2.27. The molecule has 1 aliphatic heterocycles. The molecular formula is C12H14ClFN2O3S. The summed E-state index contributed by atoms with van der Waals surface area (Å²) in [6.07, 6.45) is 0.561. The van der Waals surface area contributed by atoms with Crippen molar-refractivity contribution in [2.24, 2.45) is 5.92 Å². The number of hydrogen-bond donors (Lipinski definition) is 2. The number of sulfone groups is 1. The molecule has 2 N–H and O–H groups in total. The summed E-state index contributed by atoms with van der Waals surface area (Å²) in [5, 5.41) is 5.02. The molecule has 1 aromatic rings. The lowest BCUT2D eigenvalue weighted by molar-refractivity contribution is 0.250. The number of rotatable bonds is 3. The molecule has 110 valence electrons. The third kappa shape index (κ3) is 4.08. The minimum Gasteiger partial charge on any atom is -0.338 e. The summed E-state index contributed by atoms with van der Waals surface area (Å²) in [5.74, 6) is -0.333. The van der Waals surface area contributed by atoms with Crippen LogP contribution < -0.4 is 10.6 Å². The maximum absolute atomic E-state index is 12.9. The molecule has 1 heterocycles. The average molecular weight is 321 g/mol. The molecule has 8 heteroatoms. The first kappa shape index (κ1) is 15.1. The molecule has 1 atom stereocenters. The lowest BCUT2D eigenvalue weighted by Gasteiger charge is -2.11. The van der Waals surface area contributed by atoms with Crippen LogP contribution in [0.25, 0.3) is 0 Å². The zero-order valence-corrected chi connectivity index (χ0v) is 12.1. The predicted octanol–water partition coefficient (Wildman–Crippen LogP) is 2.04. The van der Waals surface area contributed by atoms with Gasteiger partial charge >= 0.3 is 6.03 Å². The van der Waals surface area contributed by atoms with E-state index in [9.17, 15) is 17.6 Å². The molecule has 2 amide bonds. The average Bonchev–Trinajstić information content (AvgIpc) is 2.71. The van der Waals surface area contributed by atoms with Gasteiger partial charge in [0, 0.05) is 12.2 Å². The van der Waals surface area contributed by atoms with Gasteiger partial charge in [0.1, 0.15) is 5.82 Å². The topological polar surface area (TPSA) is 75.3 Å². The van der Waals surface area contributed by atoms with Crippen LogP contribution in [0.2, 0.25) is 5.02 Å². The summed E-state index contributed by atoms with van der Waals surface area (Å²) in [7, 11) is -2.94. The van der Waals surface area contributed by atoms with Gasteiger partial charge in [0.25, 0.3) is 0 Å². The SMILES string of the molecule is O=C(NCC1CCS(=O)(=O)C1)Nc1ccc(F)c(Cl)c1. The third-order valence-corrected chi connectivity index (χ3v) is 5.18. The Hall–Kier alpha value is -1.34. The van der Waals surface area contributed by atoms with Crippen LogP contribution in [0, 0.1) is 11.7 Å². The molecule has 0 aliphatic carbocycles. The van der Waals surface area contributed by atoms with Crippen LogP contribution >= 0.6 is 11.6 Å². The van der Waals surface area contributed by atoms with Gasteiger partial charge in [-0.2, -0.15) is 0 Å². The van der Waals surface area contributed by atoms with Gasteiger partial charge in [-0.1, -0.05) is 11.6 Å². The largest absolute Gasteiger partial charge is 0.338 e. The van der Waals surface area contributed by atoms with Gasteiger partial charge < -0.3 is 10.6 Å². The number of benzene rings is 1. The minimum absolute atomic E-state index is 0.0532. The summed E-state index contributed by atoms with van der Waals surface area (Å²) in [6, 6.07) is 3.37. The standard InChI is InChI=1S/C12H14ClFN2O3S/c13-10-5-9(1-2-11(10)14)16-12(17)15-6-8-3-4-20(18,19)7-8/h1-2,5,8H,3-4,6-7H2,(H2,15,16,17). The summed E-state index contributed by atoms with van der Waals surface area (Å²) in [4.78, 5) is 11.6. The van der Waals surface area contributed by atoms with Crippen molar-refractivity contribution >= 4 is 33.2 Å². The second-order valence-corrected chi connectivity index (χ2v) is 7.37. The number of nitrogens with one attached hydrogen (secondary N) is 2. The Morgan fingerprint density at radius 2 is 2.20 bits per heavy atom. The van der Waals surface area contributed by atoms with E-state index in [1.807, 2.05) is 0 Å². The highest BCUT2D eigenvalue weighted by Crippen LogP contribution is 2.19. The van der Waals surface area contributed by atoms with Gasteiger partial charge in [0.2, 0.25) is 0 Å². The molecular weight excluding hydrogens is 307 g/mol. The van der Waals surface area contributed by atoms with E-state index in [0.717, 1.165) is 6.07 Å². The quantitative estimate of drug-likeness (QED) is 0.895. The fraction of sp³-hybridized carbons (Fsp3) is 0.417. The van der Waals surface area contributed by atoms with Crippen molar-refractivity contribution < 1.29 is 17.6 Å². The van der Waals surface area contributed by atoms with Crippen molar-refractivity contribution in [2.45, 2.75) is 6.42 Å². The Kier molecular flexibility index (Phi) is 4.49. The lowest BCUT2D eigenvalue weighted by Crippen LogP contribution is -2.33. The van der Waals surface area contributed by atoms with Gasteiger partial charge in [-0.3, -0.25) is 0 Å². The second kappa shape index (κ2) is 5.97. The second-order valence-electron chi connectivity index (χ2n) is 4.73. The van der Waals surface area contributed by atoms with Crippen LogP contribution in [-0.4, -0.2) is 32.5 Å². The number of anilines is 1. The number of halogens is 2. The van der Waals surface area contributed by atoms with Gasteiger partial charge in [-0.25, -0.2) is 17.6 Å². The van der Waals surface area contributed by atoms with Crippen molar-refractivity contribution in [1.82, 2.24) is 5.32 Å². The Balaban J connectivity index is 1.82. The van der Waals surface area contributed by atoms with Crippen LogP contribution in [0.3, 0.4) is 0 Å². The summed E-state index contributed by atoms with van der Waals surface area (Å²) < 4.78 is 35.5. The molecule has 20 heavy (non-hydrogen) atoms. The van der Waals surface area contributed by atoms with Crippen LogP contribution in [0.1, 0.15) is 6.42 Å². The number of carbonyl (C=O) groups is 1. The number of carbonyl (C=O) groups excluding carboxylic acids is 1. The summed E-state index contributed by atoms with van der Waals surface area (Å²) in [6.45, 7) is 0.292. The molecule has 0 bridgehead atoms. The Morgan fingerprint density at radius 1 is 1.45 bits per heavy atom. The molecule has 1 aliphatic rings.